The van der Waals surface area contributed by atoms with Gasteiger partial charge in [-0.2, -0.15) is 11.3 Å². The first-order valence-electron chi connectivity index (χ1n) is 4.80. The molecule has 0 aliphatic rings. The van der Waals surface area contributed by atoms with E-state index in [1.54, 1.807) is 11.3 Å². The molecule has 0 aliphatic heterocycles. The quantitative estimate of drug-likeness (QED) is 0.514. The van der Waals surface area contributed by atoms with Crippen LogP contribution in [0.15, 0.2) is 29.5 Å². The molecule has 0 aliphatic carbocycles. The van der Waals surface area contributed by atoms with Gasteiger partial charge in [0, 0.05) is 17.6 Å². The minimum absolute atomic E-state index is 1.09. The van der Waals surface area contributed by atoms with Crippen LogP contribution in [-0.2, 0) is 0 Å². The molecule has 1 aromatic rings. The Kier molecular flexibility index (Phi) is 5.34. The molecule has 0 spiro atoms. The van der Waals surface area contributed by atoms with Gasteiger partial charge in [-0.3, -0.25) is 0 Å². The van der Waals surface area contributed by atoms with Crippen LogP contribution in [0.25, 0.3) is 0 Å². The molecule has 1 heterocycles. The number of rotatable bonds is 7. The number of nitrogens with one attached hydrogen (secondary N) is 1. The second-order valence-corrected chi connectivity index (χ2v) is 3.86. The predicted molar refractivity (Wildman–Crippen MR) is 61.5 cm³/mol. The van der Waals surface area contributed by atoms with Gasteiger partial charge >= 0.3 is 0 Å². The van der Waals surface area contributed by atoms with E-state index in [0.29, 0.717) is 0 Å². The lowest BCUT2D eigenvalue weighted by molar-refractivity contribution is 0.709. The third-order valence-corrected chi connectivity index (χ3v) is 2.62. The van der Waals surface area contributed by atoms with Crippen molar-refractivity contribution in [2.75, 3.05) is 11.9 Å². The summed E-state index contributed by atoms with van der Waals surface area (Å²) in [5.74, 6) is 0. The van der Waals surface area contributed by atoms with Crippen LogP contribution in [0, 0.1) is 0 Å². The van der Waals surface area contributed by atoms with E-state index in [4.69, 9.17) is 0 Å². The zero-order valence-electron chi connectivity index (χ0n) is 7.96. The van der Waals surface area contributed by atoms with Crippen molar-refractivity contribution in [3.63, 3.8) is 0 Å². The van der Waals surface area contributed by atoms with E-state index < -0.39 is 0 Å². The zero-order valence-corrected chi connectivity index (χ0v) is 8.78. The lowest BCUT2D eigenvalue weighted by atomic mass is 10.2. The molecule has 13 heavy (non-hydrogen) atoms. The Balaban J connectivity index is 1.93. The summed E-state index contributed by atoms with van der Waals surface area (Å²) in [5.41, 5.74) is 1.26. The van der Waals surface area contributed by atoms with Crippen LogP contribution in [0.3, 0.4) is 0 Å². The summed E-state index contributed by atoms with van der Waals surface area (Å²) in [5, 5.41) is 7.63. The van der Waals surface area contributed by atoms with Gasteiger partial charge in [-0.1, -0.05) is 12.5 Å². The molecule has 0 saturated carbocycles. The third-order valence-electron chi connectivity index (χ3n) is 1.94. The van der Waals surface area contributed by atoms with Crippen LogP contribution in [0.1, 0.15) is 25.7 Å². The largest absolute Gasteiger partial charge is 0.384 e. The Morgan fingerprint density at radius 3 is 3.00 bits per heavy atom. The van der Waals surface area contributed by atoms with Gasteiger partial charge in [0.15, 0.2) is 0 Å². The lowest BCUT2D eigenvalue weighted by Crippen LogP contribution is -1.99. The highest BCUT2D eigenvalue weighted by Gasteiger charge is 1.90. The number of anilines is 1. The van der Waals surface area contributed by atoms with Crippen LogP contribution in [0.5, 0.6) is 0 Å². The van der Waals surface area contributed by atoms with E-state index in [-0.39, 0.29) is 0 Å². The number of hydrogen-bond donors (Lipinski definition) is 1. The highest BCUT2D eigenvalue weighted by molar-refractivity contribution is 7.08. The first-order chi connectivity index (χ1) is 6.43. The van der Waals surface area contributed by atoms with Crippen LogP contribution in [0.2, 0.25) is 0 Å². The number of allylic oxidation sites excluding steroid dienone is 1. The van der Waals surface area contributed by atoms with E-state index in [2.05, 4.69) is 28.7 Å². The molecule has 0 atom stereocenters. The molecule has 1 aromatic heterocycles. The molecule has 1 N–H and O–H groups in total. The van der Waals surface area contributed by atoms with Crippen LogP contribution < -0.4 is 5.32 Å². The molecule has 0 saturated heterocycles. The maximum absolute atomic E-state index is 3.70. The van der Waals surface area contributed by atoms with Crippen LogP contribution in [-0.4, -0.2) is 6.54 Å². The summed E-state index contributed by atoms with van der Waals surface area (Å²) in [6.45, 7) is 4.80. The van der Waals surface area contributed by atoms with Crippen molar-refractivity contribution in [1.29, 1.82) is 0 Å². The van der Waals surface area contributed by atoms with Crippen molar-refractivity contribution in [3.8, 4) is 0 Å². The van der Waals surface area contributed by atoms with Gasteiger partial charge in [-0.05, 0) is 30.7 Å². The summed E-state index contributed by atoms with van der Waals surface area (Å²) >= 11 is 1.74. The average molecular weight is 195 g/mol. The summed E-state index contributed by atoms with van der Waals surface area (Å²) < 4.78 is 0. The molecule has 2 heteroatoms. The van der Waals surface area contributed by atoms with E-state index >= 15 is 0 Å². The maximum atomic E-state index is 3.70. The Morgan fingerprint density at radius 2 is 2.31 bits per heavy atom. The highest BCUT2D eigenvalue weighted by atomic mass is 32.1. The van der Waals surface area contributed by atoms with E-state index in [1.807, 2.05) is 6.08 Å². The second kappa shape index (κ2) is 6.72. The van der Waals surface area contributed by atoms with Crippen molar-refractivity contribution < 1.29 is 0 Å². The Bertz CT molecular complexity index is 216. The molecule has 0 amide bonds. The Labute approximate surface area is 84.5 Å². The fourth-order valence-corrected chi connectivity index (χ4v) is 1.80. The second-order valence-electron chi connectivity index (χ2n) is 3.08. The topological polar surface area (TPSA) is 12.0 Å². The van der Waals surface area contributed by atoms with Gasteiger partial charge in [0.05, 0.1) is 0 Å². The van der Waals surface area contributed by atoms with Gasteiger partial charge in [0.1, 0.15) is 0 Å². The first-order valence-corrected chi connectivity index (χ1v) is 5.74. The molecular weight excluding hydrogens is 178 g/mol. The number of hydrogen-bond acceptors (Lipinski definition) is 2. The van der Waals surface area contributed by atoms with Gasteiger partial charge in [-0.25, -0.2) is 0 Å². The smallest absolute Gasteiger partial charge is 0.0448 e. The van der Waals surface area contributed by atoms with Gasteiger partial charge in [0.2, 0.25) is 0 Å². The Morgan fingerprint density at radius 1 is 1.38 bits per heavy atom. The van der Waals surface area contributed by atoms with E-state index in [9.17, 15) is 0 Å². The minimum Gasteiger partial charge on any atom is -0.384 e. The van der Waals surface area contributed by atoms with E-state index in [1.165, 1.54) is 24.9 Å². The van der Waals surface area contributed by atoms with E-state index in [0.717, 1.165) is 13.0 Å². The standard InChI is InChI=1S/C11H17NS/c1-2-3-4-5-6-8-12-11-7-9-13-10-11/h2,7,9-10,12H,1,3-6,8H2. The summed E-state index contributed by atoms with van der Waals surface area (Å²) in [6.07, 6.45) is 6.96. The first kappa shape index (κ1) is 10.3. The lowest BCUT2D eigenvalue weighted by Gasteiger charge is -2.02. The molecule has 1 nitrogen and oxygen atoms in total. The molecule has 0 unspecified atom stereocenters. The zero-order chi connectivity index (χ0) is 9.36. The summed E-state index contributed by atoms with van der Waals surface area (Å²) in [4.78, 5) is 0. The fourth-order valence-electron chi connectivity index (χ4n) is 1.19. The SMILES string of the molecule is C=CCCCCCNc1ccsc1. The number of unbranched alkanes of at least 4 members (excludes halogenated alkanes) is 3. The van der Waals surface area contributed by atoms with Crippen molar-refractivity contribution >= 4 is 17.0 Å². The Hall–Kier alpha value is -0.760. The number of thiophene rings is 1. The van der Waals surface area contributed by atoms with Crippen molar-refractivity contribution in [2.24, 2.45) is 0 Å². The maximum Gasteiger partial charge on any atom is 0.0448 e. The molecule has 0 aromatic carbocycles. The van der Waals surface area contributed by atoms with Crippen molar-refractivity contribution in [1.82, 2.24) is 0 Å². The molecule has 0 radical (unpaired) electrons. The molecule has 0 bridgehead atoms. The minimum atomic E-state index is 1.09. The fraction of sp³-hybridized carbons (Fsp3) is 0.455. The summed E-state index contributed by atoms with van der Waals surface area (Å²) in [6, 6.07) is 2.12. The molecular formula is C11H17NS. The van der Waals surface area contributed by atoms with Gasteiger partial charge in [-0.15, -0.1) is 6.58 Å². The molecule has 1 rings (SSSR count). The predicted octanol–water partition coefficient (Wildman–Crippen LogP) is 3.91. The molecule has 0 fully saturated rings. The van der Waals surface area contributed by atoms with Crippen LogP contribution in [0.4, 0.5) is 5.69 Å². The van der Waals surface area contributed by atoms with Crippen molar-refractivity contribution in [2.45, 2.75) is 25.7 Å². The third kappa shape index (κ3) is 4.73. The highest BCUT2D eigenvalue weighted by Crippen LogP contribution is 2.11. The monoisotopic (exact) mass is 195 g/mol. The normalized spacial score (nSPS) is 9.85. The molecule has 72 valence electrons. The average Bonchev–Trinajstić information content (AvgIpc) is 2.63. The van der Waals surface area contributed by atoms with Crippen molar-refractivity contribution in [3.05, 3.63) is 29.5 Å². The van der Waals surface area contributed by atoms with Gasteiger partial charge < -0.3 is 5.32 Å². The summed E-state index contributed by atoms with van der Waals surface area (Å²) in [7, 11) is 0. The van der Waals surface area contributed by atoms with Crippen LogP contribution >= 0.6 is 11.3 Å². The van der Waals surface area contributed by atoms with Gasteiger partial charge in [0.25, 0.3) is 0 Å².